The SMILES string of the molecule is CC(C)C(NC(=O)CONC(=O)C(C)(C)c1ccccc1)c1ccc(F)cc1. The molecule has 0 fully saturated rings. The van der Waals surface area contributed by atoms with Gasteiger partial charge in [-0.1, -0.05) is 56.3 Å². The Hall–Kier alpha value is -2.73. The largest absolute Gasteiger partial charge is 0.347 e. The summed E-state index contributed by atoms with van der Waals surface area (Å²) in [6.07, 6.45) is 0. The minimum Gasteiger partial charge on any atom is -0.347 e. The molecule has 0 aliphatic heterocycles. The number of hydroxylamine groups is 1. The summed E-state index contributed by atoms with van der Waals surface area (Å²) in [5.74, 6) is -0.947. The molecule has 150 valence electrons. The van der Waals surface area contributed by atoms with Gasteiger partial charge in [-0.05, 0) is 43.0 Å². The van der Waals surface area contributed by atoms with Crippen LogP contribution < -0.4 is 10.8 Å². The van der Waals surface area contributed by atoms with Gasteiger partial charge in [0, 0.05) is 0 Å². The van der Waals surface area contributed by atoms with E-state index in [9.17, 15) is 14.0 Å². The fourth-order valence-corrected chi connectivity index (χ4v) is 2.80. The summed E-state index contributed by atoms with van der Waals surface area (Å²) in [5.41, 5.74) is 3.20. The highest BCUT2D eigenvalue weighted by Gasteiger charge is 2.30. The molecule has 1 unspecified atom stereocenters. The van der Waals surface area contributed by atoms with E-state index in [1.54, 1.807) is 26.0 Å². The van der Waals surface area contributed by atoms with Crippen LogP contribution in [0.25, 0.3) is 0 Å². The Balaban J connectivity index is 1.89. The van der Waals surface area contributed by atoms with Gasteiger partial charge in [-0.15, -0.1) is 0 Å². The van der Waals surface area contributed by atoms with Crippen LogP contribution in [0.3, 0.4) is 0 Å². The minimum absolute atomic E-state index is 0.0982. The average molecular weight is 386 g/mol. The van der Waals surface area contributed by atoms with Crippen molar-refractivity contribution in [3.8, 4) is 0 Å². The molecule has 2 N–H and O–H groups in total. The van der Waals surface area contributed by atoms with Crippen LogP contribution in [-0.4, -0.2) is 18.4 Å². The Morgan fingerprint density at radius 1 is 1.04 bits per heavy atom. The number of nitrogens with one attached hydrogen (secondary N) is 2. The highest BCUT2D eigenvalue weighted by molar-refractivity contribution is 5.86. The lowest BCUT2D eigenvalue weighted by atomic mass is 9.84. The fourth-order valence-electron chi connectivity index (χ4n) is 2.80. The maximum atomic E-state index is 13.1. The molecular weight excluding hydrogens is 359 g/mol. The van der Waals surface area contributed by atoms with E-state index in [4.69, 9.17) is 4.84 Å². The van der Waals surface area contributed by atoms with E-state index >= 15 is 0 Å². The monoisotopic (exact) mass is 386 g/mol. The van der Waals surface area contributed by atoms with E-state index in [1.165, 1.54) is 12.1 Å². The molecular formula is C22H27FN2O3. The molecule has 0 aliphatic rings. The van der Waals surface area contributed by atoms with Crippen molar-refractivity contribution in [3.05, 3.63) is 71.5 Å². The summed E-state index contributed by atoms with van der Waals surface area (Å²) in [5, 5.41) is 2.86. The molecule has 0 spiro atoms. The second-order valence-electron chi connectivity index (χ2n) is 7.55. The zero-order chi connectivity index (χ0) is 20.7. The van der Waals surface area contributed by atoms with Crippen molar-refractivity contribution in [2.45, 2.75) is 39.2 Å². The Morgan fingerprint density at radius 3 is 2.21 bits per heavy atom. The van der Waals surface area contributed by atoms with Crippen molar-refractivity contribution in [2.24, 2.45) is 5.92 Å². The third-order valence-electron chi connectivity index (χ3n) is 4.64. The van der Waals surface area contributed by atoms with Gasteiger partial charge < -0.3 is 5.32 Å². The summed E-state index contributed by atoms with van der Waals surface area (Å²) < 4.78 is 13.1. The third kappa shape index (κ3) is 5.63. The Morgan fingerprint density at radius 2 is 1.64 bits per heavy atom. The second kappa shape index (κ2) is 9.46. The van der Waals surface area contributed by atoms with Gasteiger partial charge in [0.05, 0.1) is 11.5 Å². The van der Waals surface area contributed by atoms with Crippen LogP contribution in [0.2, 0.25) is 0 Å². The normalized spacial score (nSPS) is 12.5. The number of carbonyl (C=O) groups excluding carboxylic acids is 2. The highest BCUT2D eigenvalue weighted by atomic mass is 19.1. The van der Waals surface area contributed by atoms with E-state index < -0.39 is 5.41 Å². The standard InChI is InChI=1S/C22H27FN2O3/c1-15(2)20(16-10-12-18(23)13-11-16)24-19(26)14-28-25-21(27)22(3,4)17-8-6-5-7-9-17/h5-13,15,20H,14H2,1-4H3,(H,24,26)(H,25,27). The van der Waals surface area contributed by atoms with Crippen LogP contribution in [0.5, 0.6) is 0 Å². The van der Waals surface area contributed by atoms with Crippen LogP contribution in [0, 0.1) is 11.7 Å². The predicted molar refractivity (Wildman–Crippen MR) is 106 cm³/mol. The van der Waals surface area contributed by atoms with Crippen molar-refractivity contribution in [1.82, 2.24) is 10.8 Å². The van der Waals surface area contributed by atoms with Gasteiger partial charge in [0.1, 0.15) is 5.82 Å². The first-order valence-corrected chi connectivity index (χ1v) is 9.24. The van der Waals surface area contributed by atoms with Crippen LogP contribution in [0.15, 0.2) is 54.6 Å². The number of hydrogen-bond acceptors (Lipinski definition) is 3. The number of benzene rings is 2. The van der Waals surface area contributed by atoms with Crippen LogP contribution >= 0.6 is 0 Å². The molecule has 0 aliphatic carbocycles. The fraction of sp³-hybridized carbons (Fsp3) is 0.364. The first-order chi connectivity index (χ1) is 13.2. The number of carbonyl (C=O) groups is 2. The van der Waals surface area contributed by atoms with Gasteiger partial charge in [0.25, 0.3) is 5.91 Å². The zero-order valence-corrected chi connectivity index (χ0v) is 16.7. The predicted octanol–water partition coefficient (Wildman–Crippen LogP) is 3.66. The molecule has 0 radical (unpaired) electrons. The van der Waals surface area contributed by atoms with E-state index in [1.807, 2.05) is 44.2 Å². The molecule has 6 heteroatoms. The molecule has 2 aromatic rings. The van der Waals surface area contributed by atoms with E-state index in [0.29, 0.717) is 0 Å². The first-order valence-electron chi connectivity index (χ1n) is 9.24. The lowest BCUT2D eigenvalue weighted by Crippen LogP contribution is -2.42. The number of rotatable bonds is 8. The average Bonchev–Trinajstić information content (AvgIpc) is 2.67. The van der Waals surface area contributed by atoms with Crippen LogP contribution in [0.1, 0.15) is 44.9 Å². The third-order valence-corrected chi connectivity index (χ3v) is 4.64. The summed E-state index contributed by atoms with van der Waals surface area (Å²) >= 11 is 0. The minimum atomic E-state index is -0.799. The molecule has 2 amide bonds. The number of halogens is 1. The lowest BCUT2D eigenvalue weighted by Gasteiger charge is -2.24. The van der Waals surface area contributed by atoms with Crippen LogP contribution in [-0.2, 0) is 19.8 Å². The van der Waals surface area contributed by atoms with Gasteiger partial charge in [0.2, 0.25) is 5.91 Å². The van der Waals surface area contributed by atoms with Crippen molar-refractivity contribution < 1.29 is 18.8 Å². The van der Waals surface area contributed by atoms with Crippen molar-refractivity contribution in [2.75, 3.05) is 6.61 Å². The van der Waals surface area contributed by atoms with Gasteiger partial charge in [0.15, 0.2) is 6.61 Å². The Labute approximate surface area is 165 Å². The smallest absolute Gasteiger partial charge is 0.253 e. The number of hydrogen-bond donors (Lipinski definition) is 2. The molecule has 5 nitrogen and oxygen atoms in total. The summed E-state index contributed by atoms with van der Waals surface area (Å²) in [4.78, 5) is 29.8. The summed E-state index contributed by atoms with van der Waals surface area (Å²) in [6.45, 7) is 7.16. The molecule has 0 saturated carbocycles. The maximum absolute atomic E-state index is 13.1. The molecule has 2 aromatic carbocycles. The van der Waals surface area contributed by atoms with Crippen molar-refractivity contribution in [1.29, 1.82) is 0 Å². The van der Waals surface area contributed by atoms with Gasteiger partial charge in [-0.2, -0.15) is 0 Å². The molecule has 0 saturated heterocycles. The molecule has 2 rings (SSSR count). The second-order valence-corrected chi connectivity index (χ2v) is 7.55. The molecule has 1 atom stereocenters. The molecule has 28 heavy (non-hydrogen) atoms. The van der Waals surface area contributed by atoms with Crippen LogP contribution in [0.4, 0.5) is 4.39 Å². The van der Waals surface area contributed by atoms with E-state index in [2.05, 4.69) is 10.8 Å². The van der Waals surface area contributed by atoms with E-state index in [0.717, 1.165) is 11.1 Å². The highest BCUT2D eigenvalue weighted by Crippen LogP contribution is 2.23. The van der Waals surface area contributed by atoms with E-state index in [-0.39, 0.29) is 36.2 Å². The molecule has 0 bridgehead atoms. The maximum Gasteiger partial charge on any atom is 0.253 e. The number of amides is 2. The van der Waals surface area contributed by atoms with Crippen molar-refractivity contribution in [3.63, 3.8) is 0 Å². The topological polar surface area (TPSA) is 67.4 Å². The quantitative estimate of drug-likeness (QED) is 0.681. The van der Waals surface area contributed by atoms with Gasteiger partial charge in [-0.3, -0.25) is 14.4 Å². The van der Waals surface area contributed by atoms with Gasteiger partial charge >= 0.3 is 0 Å². The Bertz CT molecular complexity index is 789. The molecule has 0 heterocycles. The zero-order valence-electron chi connectivity index (χ0n) is 16.7. The van der Waals surface area contributed by atoms with Crippen molar-refractivity contribution >= 4 is 11.8 Å². The van der Waals surface area contributed by atoms with Gasteiger partial charge in [-0.25, -0.2) is 9.87 Å². The molecule has 0 aromatic heterocycles. The summed E-state index contributed by atoms with van der Waals surface area (Å²) in [6, 6.07) is 15.1. The Kier molecular flexibility index (Phi) is 7.29. The lowest BCUT2D eigenvalue weighted by molar-refractivity contribution is -0.143. The first kappa shape index (κ1) is 21.6. The summed E-state index contributed by atoms with van der Waals surface area (Å²) in [7, 11) is 0.